The van der Waals surface area contributed by atoms with E-state index in [0.717, 1.165) is 17.7 Å². The monoisotopic (exact) mass is 304 g/mol. The number of hydrogen-bond acceptors (Lipinski definition) is 2. The second-order valence-electron chi connectivity index (χ2n) is 6.60. The lowest BCUT2D eigenvalue weighted by atomic mass is 9.86. The Morgan fingerprint density at radius 1 is 1.14 bits per heavy atom. The molecule has 0 spiro atoms. The first-order chi connectivity index (χ1) is 10.3. The third-order valence-electron chi connectivity index (χ3n) is 3.56. The first-order valence-electron chi connectivity index (χ1n) is 7.90. The van der Waals surface area contributed by atoms with Gasteiger partial charge in [0.15, 0.2) is 0 Å². The summed E-state index contributed by atoms with van der Waals surface area (Å²) in [5.74, 6) is -0.0382. The minimum Gasteiger partial charge on any atom is -0.342 e. The summed E-state index contributed by atoms with van der Waals surface area (Å²) in [6, 6.07) is 7.86. The molecule has 1 N–H and O–H groups in total. The van der Waals surface area contributed by atoms with Crippen molar-refractivity contribution >= 4 is 17.5 Å². The van der Waals surface area contributed by atoms with E-state index in [4.69, 9.17) is 0 Å². The highest BCUT2D eigenvalue weighted by atomic mass is 16.2. The number of nitrogens with one attached hydrogen (secondary N) is 1. The summed E-state index contributed by atoms with van der Waals surface area (Å²) in [6.45, 7) is 11.1. The highest BCUT2D eigenvalue weighted by Gasteiger charge is 2.18. The Morgan fingerprint density at radius 3 is 2.32 bits per heavy atom. The standard InChI is InChI=1S/C18H28N2O2/c1-6-12-20(14(2)21)13-11-17(22)19-16-10-8-7-9-15(16)18(3,4)5/h7-10H,6,11-13H2,1-5H3,(H,19,22). The fourth-order valence-electron chi connectivity index (χ4n) is 2.39. The second-order valence-corrected chi connectivity index (χ2v) is 6.60. The highest BCUT2D eigenvalue weighted by molar-refractivity contribution is 5.92. The van der Waals surface area contributed by atoms with Crippen LogP contribution in [0.1, 0.15) is 53.0 Å². The molecule has 0 aromatic heterocycles. The van der Waals surface area contributed by atoms with Gasteiger partial charge in [-0.25, -0.2) is 0 Å². The Morgan fingerprint density at radius 2 is 1.77 bits per heavy atom. The van der Waals surface area contributed by atoms with Crippen LogP contribution in [-0.2, 0) is 15.0 Å². The van der Waals surface area contributed by atoms with Crippen LogP contribution in [0.3, 0.4) is 0 Å². The van der Waals surface area contributed by atoms with Crippen molar-refractivity contribution in [2.75, 3.05) is 18.4 Å². The summed E-state index contributed by atoms with van der Waals surface area (Å²) >= 11 is 0. The van der Waals surface area contributed by atoms with E-state index >= 15 is 0 Å². The van der Waals surface area contributed by atoms with Crippen LogP contribution in [0.15, 0.2) is 24.3 Å². The third kappa shape index (κ3) is 5.51. The molecule has 122 valence electrons. The summed E-state index contributed by atoms with van der Waals surface area (Å²) in [4.78, 5) is 25.4. The molecule has 0 atom stereocenters. The Labute approximate surface area is 133 Å². The van der Waals surface area contributed by atoms with Crippen LogP contribution in [0.25, 0.3) is 0 Å². The van der Waals surface area contributed by atoms with E-state index in [9.17, 15) is 9.59 Å². The number of carbonyl (C=O) groups excluding carboxylic acids is 2. The van der Waals surface area contributed by atoms with Crippen molar-refractivity contribution in [2.24, 2.45) is 0 Å². The van der Waals surface area contributed by atoms with Gasteiger partial charge < -0.3 is 10.2 Å². The van der Waals surface area contributed by atoms with Crippen molar-refractivity contribution in [1.29, 1.82) is 0 Å². The smallest absolute Gasteiger partial charge is 0.226 e. The molecule has 1 rings (SSSR count). The van der Waals surface area contributed by atoms with E-state index in [-0.39, 0.29) is 17.2 Å². The quantitative estimate of drug-likeness (QED) is 0.873. The third-order valence-corrected chi connectivity index (χ3v) is 3.56. The maximum atomic E-state index is 12.2. The first-order valence-corrected chi connectivity index (χ1v) is 7.90. The summed E-state index contributed by atoms with van der Waals surface area (Å²) in [5.41, 5.74) is 1.93. The average molecular weight is 304 g/mol. The summed E-state index contributed by atoms with van der Waals surface area (Å²) < 4.78 is 0. The Bertz CT molecular complexity index is 518. The van der Waals surface area contributed by atoms with Crippen LogP contribution < -0.4 is 5.32 Å². The fraction of sp³-hybridized carbons (Fsp3) is 0.556. The van der Waals surface area contributed by atoms with E-state index in [1.807, 2.05) is 31.2 Å². The van der Waals surface area contributed by atoms with Gasteiger partial charge in [-0.3, -0.25) is 9.59 Å². The van der Waals surface area contributed by atoms with Crippen LogP contribution in [0.4, 0.5) is 5.69 Å². The van der Waals surface area contributed by atoms with Crippen molar-refractivity contribution in [1.82, 2.24) is 4.90 Å². The maximum absolute atomic E-state index is 12.2. The van der Waals surface area contributed by atoms with E-state index in [1.54, 1.807) is 11.8 Å². The summed E-state index contributed by atoms with van der Waals surface area (Å²) in [7, 11) is 0. The van der Waals surface area contributed by atoms with Gasteiger partial charge in [-0.2, -0.15) is 0 Å². The topological polar surface area (TPSA) is 49.4 Å². The number of rotatable bonds is 6. The van der Waals surface area contributed by atoms with Gasteiger partial charge in [-0.15, -0.1) is 0 Å². The van der Waals surface area contributed by atoms with Gasteiger partial charge in [0.05, 0.1) is 0 Å². The number of amides is 2. The van der Waals surface area contributed by atoms with Crippen LogP contribution in [-0.4, -0.2) is 29.8 Å². The Hall–Kier alpha value is -1.84. The van der Waals surface area contributed by atoms with Crippen LogP contribution >= 0.6 is 0 Å². The molecule has 4 nitrogen and oxygen atoms in total. The van der Waals surface area contributed by atoms with Crippen LogP contribution in [0.2, 0.25) is 0 Å². The molecule has 0 unspecified atom stereocenters. The molecular formula is C18H28N2O2. The number of para-hydroxylation sites is 1. The number of anilines is 1. The molecule has 0 saturated carbocycles. The highest BCUT2D eigenvalue weighted by Crippen LogP contribution is 2.29. The van der Waals surface area contributed by atoms with Crippen molar-refractivity contribution in [2.45, 2.75) is 52.9 Å². The van der Waals surface area contributed by atoms with Crippen molar-refractivity contribution in [3.63, 3.8) is 0 Å². The molecule has 0 radical (unpaired) electrons. The minimum absolute atomic E-state index is 0.0183. The Balaban J connectivity index is 2.68. The molecule has 0 aliphatic rings. The molecule has 0 aliphatic carbocycles. The first kappa shape index (κ1) is 18.2. The lowest BCUT2D eigenvalue weighted by molar-refractivity contribution is -0.129. The molecule has 0 saturated heterocycles. The predicted molar refractivity (Wildman–Crippen MR) is 90.9 cm³/mol. The van der Waals surface area contributed by atoms with Crippen molar-refractivity contribution in [3.05, 3.63) is 29.8 Å². The Kier molecular flexibility index (Phi) is 6.60. The van der Waals surface area contributed by atoms with Crippen molar-refractivity contribution < 1.29 is 9.59 Å². The van der Waals surface area contributed by atoms with E-state index < -0.39 is 0 Å². The van der Waals surface area contributed by atoms with Gasteiger partial charge in [-0.1, -0.05) is 45.9 Å². The summed E-state index contributed by atoms with van der Waals surface area (Å²) in [5, 5.41) is 2.98. The molecule has 2 amide bonds. The van der Waals surface area contributed by atoms with Gasteiger partial charge >= 0.3 is 0 Å². The normalized spacial score (nSPS) is 11.1. The van der Waals surface area contributed by atoms with Gasteiger partial charge in [0.25, 0.3) is 0 Å². The van der Waals surface area contributed by atoms with Gasteiger partial charge in [0.1, 0.15) is 0 Å². The molecule has 22 heavy (non-hydrogen) atoms. The largest absolute Gasteiger partial charge is 0.342 e. The van der Waals surface area contributed by atoms with Crippen molar-refractivity contribution in [3.8, 4) is 0 Å². The molecule has 1 aromatic rings. The molecule has 0 heterocycles. The molecule has 0 aliphatic heterocycles. The predicted octanol–water partition coefficient (Wildman–Crippen LogP) is 3.57. The SMILES string of the molecule is CCCN(CCC(=O)Nc1ccccc1C(C)(C)C)C(C)=O. The van der Waals surface area contributed by atoms with E-state index in [0.29, 0.717) is 19.5 Å². The average Bonchev–Trinajstić information content (AvgIpc) is 2.42. The van der Waals surface area contributed by atoms with Gasteiger partial charge in [0.2, 0.25) is 11.8 Å². The van der Waals surface area contributed by atoms with E-state index in [1.165, 1.54) is 0 Å². The lowest BCUT2D eigenvalue weighted by Crippen LogP contribution is -2.32. The molecule has 0 fully saturated rings. The van der Waals surface area contributed by atoms with E-state index in [2.05, 4.69) is 26.1 Å². The number of carbonyl (C=O) groups is 2. The number of nitrogens with zero attached hydrogens (tertiary/aromatic N) is 1. The zero-order valence-corrected chi connectivity index (χ0v) is 14.4. The van der Waals surface area contributed by atoms with Crippen LogP contribution in [0.5, 0.6) is 0 Å². The zero-order chi connectivity index (χ0) is 16.8. The maximum Gasteiger partial charge on any atom is 0.226 e. The molecule has 0 bridgehead atoms. The zero-order valence-electron chi connectivity index (χ0n) is 14.4. The second kappa shape index (κ2) is 7.97. The lowest BCUT2D eigenvalue weighted by Gasteiger charge is -2.23. The van der Waals surface area contributed by atoms with Gasteiger partial charge in [0, 0.05) is 32.1 Å². The molecule has 1 aromatic carbocycles. The number of benzene rings is 1. The molecule has 4 heteroatoms. The molecular weight excluding hydrogens is 276 g/mol. The van der Waals surface area contributed by atoms with Gasteiger partial charge in [-0.05, 0) is 23.5 Å². The fourth-order valence-corrected chi connectivity index (χ4v) is 2.39. The minimum atomic E-state index is -0.0564. The van der Waals surface area contributed by atoms with Crippen LogP contribution in [0, 0.1) is 0 Å². The summed E-state index contributed by atoms with van der Waals surface area (Å²) in [6.07, 6.45) is 1.21. The number of hydrogen-bond donors (Lipinski definition) is 1.